The summed E-state index contributed by atoms with van der Waals surface area (Å²) >= 11 is 14.7. The van der Waals surface area contributed by atoms with Gasteiger partial charge in [-0.05, 0) is 0 Å². The maximum Gasteiger partial charge on any atom is 0.460 e. The second kappa shape index (κ2) is 9.43. The van der Waals surface area contributed by atoms with Crippen LogP contribution in [0.5, 0.6) is 0 Å². The Bertz CT molecular complexity index is 1120. The van der Waals surface area contributed by atoms with Crippen molar-refractivity contribution in [2.24, 2.45) is 0 Å². The smallest absolute Gasteiger partial charge is 0.204 e. The molecule has 0 nitrogen and oxygen atoms in total. The van der Waals surface area contributed by atoms with E-state index in [-0.39, 0.29) is 0 Å². The molecule has 0 atom stereocenters. The van der Waals surface area contributed by atoms with E-state index in [1.54, 1.807) is 0 Å². The van der Waals surface area contributed by atoms with Gasteiger partial charge in [-0.15, -0.1) is 33.2 Å². The highest BCUT2D eigenvalue weighted by Crippen LogP contribution is 2.65. The van der Waals surface area contributed by atoms with Gasteiger partial charge in [0.05, 0.1) is 5.56 Å². The van der Waals surface area contributed by atoms with E-state index in [9.17, 15) is 92.2 Å². The van der Waals surface area contributed by atoms with Gasteiger partial charge in [0.25, 0.3) is 0 Å². The minimum atomic E-state index is -9.07. The Balaban J connectivity index is 4.12. The number of alkyl halides is 17. The fourth-order valence-corrected chi connectivity index (χ4v) is 5.02. The van der Waals surface area contributed by atoms with Crippen LogP contribution in [-0.4, -0.2) is 47.7 Å². The molecule has 0 saturated heterocycles. The van der Waals surface area contributed by atoms with Crippen molar-refractivity contribution in [1.29, 1.82) is 0 Å². The summed E-state index contributed by atoms with van der Waals surface area (Å²) in [6.45, 7) is 0. The Morgan fingerprint density at radius 3 is 0.974 bits per heavy atom. The van der Waals surface area contributed by atoms with Gasteiger partial charge < -0.3 is 0 Å². The van der Waals surface area contributed by atoms with E-state index < -0.39 is 87.7 Å². The van der Waals surface area contributed by atoms with Crippen molar-refractivity contribution < 1.29 is 92.2 Å². The molecule has 0 radical (unpaired) electrons. The van der Waals surface area contributed by atoms with E-state index in [4.69, 9.17) is 33.2 Å². The molecule has 1 rings (SSSR count). The van der Waals surface area contributed by atoms with Crippen LogP contribution in [0.3, 0.4) is 0 Å². The van der Waals surface area contributed by atoms with Gasteiger partial charge in [-0.25, -0.2) is 17.6 Å². The van der Waals surface area contributed by atoms with E-state index >= 15 is 0 Å². The van der Waals surface area contributed by atoms with Crippen molar-refractivity contribution >= 4 is 44.4 Å². The Hall–Kier alpha value is -1.16. The van der Waals surface area contributed by atoms with Crippen LogP contribution in [0.15, 0.2) is 0 Å². The van der Waals surface area contributed by atoms with Gasteiger partial charge >= 0.3 is 53.6 Å². The van der Waals surface area contributed by atoms with Crippen LogP contribution >= 0.6 is 33.2 Å². The molecule has 0 aliphatic rings. The maximum absolute atomic E-state index is 14.4. The zero-order valence-electron chi connectivity index (χ0n) is 16.6. The fraction of sp³-hybridized carbons (Fsp3) is 0.571. The van der Waals surface area contributed by atoms with Crippen molar-refractivity contribution in [1.82, 2.24) is 0 Å². The van der Waals surface area contributed by atoms with Crippen molar-refractivity contribution in [2.75, 3.05) is 0 Å². The third kappa shape index (κ3) is 4.67. The van der Waals surface area contributed by atoms with Crippen LogP contribution in [0.4, 0.5) is 92.2 Å². The average molecular weight is 702 g/mol. The zero-order chi connectivity index (χ0) is 32.0. The van der Waals surface area contributed by atoms with Crippen molar-refractivity contribution in [2.45, 2.75) is 47.6 Å². The molecule has 39 heavy (non-hydrogen) atoms. The van der Waals surface area contributed by atoms with E-state index in [2.05, 4.69) is 0 Å². The highest BCUT2D eigenvalue weighted by Gasteiger charge is 2.95. The summed E-state index contributed by atoms with van der Waals surface area (Å²) in [4.78, 5) is 0. The Labute approximate surface area is 213 Å². The molecular weight excluding hydrogens is 702 g/mol. The molecule has 0 heterocycles. The lowest BCUT2D eigenvalue weighted by atomic mass is 9.87. The van der Waals surface area contributed by atoms with Gasteiger partial charge in [0.15, 0.2) is 23.3 Å². The molecule has 0 unspecified atom stereocenters. The SMILES string of the molecule is Fc1c(F)c(F)c([Si](Cl)(Cl)Cl)c(C(F)(F)C(F)(F)C(F)(F)C(F)(F)C(F)(F)C(F)(F)C(F)(F)C(F)(F)F)c1F. The summed E-state index contributed by atoms with van der Waals surface area (Å²) < 4.78 is 282. The summed E-state index contributed by atoms with van der Waals surface area (Å²) in [7, 11) is 0. The first-order chi connectivity index (χ1) is 16.6. The van der Waals surface area contributed by atoms with Crippen molar-refractivity contribution in [3.8, 4) is 0 Å². The third-order valence-electron chi connectivity index (χ3n) is 4.59. The summed E-state index contributed by atoms with van der Waals surface area (Å²) in [5.74, 6) is -75.0. The summed E-state index contributed by atoms with van der Waals surface area (Å²) in [5.41, 5.74) is -4.07. The Morgan fingerprint density at radius 1 is 0.385 bits per heavy atom. The topological polar surface area (TPSA) is 0 Å². The zero-order valence-corrected chi connectivity index (χ0v) is 19.8. The number of halogens is 24. The number of rotatable bonds is 8. The quantitative estimate of drug-likeness (QED) is 0.0839. The van der Waals surface area contributed by atoms with Crippen molar-refractivity contribution in [3.05, 3.63) is 28.8 Å². The molecule has 1 aromatic rings. The van der Waals surface area contributed by atoms with E-state index in [1.807, 2.05) is 0 Å². The standard InChI is InChI=1S/C14Cl3F21Si/c15-39(16,17)6-1(2(18)3(19)4(20)5(6)21)7(22,23)8(24,25)9(26,27)10(28,29)11(30,31)12(32,33)13(34,35)14(36,37)38. The first-order valence-corrected chi connectivity index (χ1v) is 13.3. The minimum Gasteiger partial charge on any atom is -0.204 e. The fourth-order valence-electron chi connectivity index (χ4n) is 2.51. The lowest BCUT2D eigenvalue weighted by Gasteiger charge is -2.43. The second-order valence-electron chi connectivity index (χ2n) is 7.02. The monoisotopic (exact) mass is 700 g/mol. The molecule has 25 heteroatoms. The van der Waals surface area contributed by atoms with Crippen molar-refractivity contribution in [3.63, 3.8) is 0 Å². The maximum atomic E-state index is 14.4. The van der Waals surface area contributed by atoms with E-state index in [1.165, 1.54) is 0 Å². The first-order valence-electron chi connectivity index (χ1n) is 8.29. The number of hydrogen-bond acceptors (Lipinski definition) is 0. The van der Waals surface area contributed by atoms with Gasteiger partial charge in [-0.1, -0.05) is 0 Å². The first kappa shape index (κ1) is 35.9. The molecule has 0 spiro atoms. The lowest BCUT2D eigenvalue weighted by molar-refractivity contribution is -0.462. The lowest BCUT2D eigenvalue weighted by Crippen LogP contribution is -2.74. The number of hydrogen-bond donors (Lipinski definition) is 0. The summed E-state index contributed by atoms with van der Waals surface area (Å²) in [5, 5.41) is -3.08. The predicted octanol–water partition coefficient (Wildman–Crippen LogP) is 8.57. The van der Waals surface area contributed by atoms with Crippen LogP contribution in [-0.2, 0) is 5.92 Å². The molecule has 0 bridgehead atoms. The predicted molar refractivity (Wildman–Crippen MR) is 88.9 cm³/mol. The average Bonchev–Trinajstić information content (AvgIpc) is 2.71. The van der Waals surface area contributed by atoms with Crippen LogP contribution < -0.4 is 5.19 Å². The largest absolute Gasteiger partial charge is 0.460 e. The van der Waals surface area contributed by atoms with E-state index in [0.29, 0.717) is 0 Å². The third-order valence-corrected chi connectivity index (χ3v) is 7.32. The highest BCUT2D eigenvalue weighted by atomic mass is 35.8. The second-order valence-corrected chi connectivity index (χ2v) is 15.4. The molecule has 0 aliphatic heterocycles. The molecule has 0 aromatic heterocycles. The molecule has 228 valence electrons. The Kier molecular flexibility index (Phi) is 8.67. The van der Waals surface area contributed by atoms with Crippen LogP contribution in [0, 0.1) is 23.3 Å². The number of benzene rings is 1. The summed E-state index contributed by atoms with van der Waals surface area (Å²) in [6.07, 6.45) is -7.99. The molecule has 0 saturated carbocycles. The Morgan fingerprint density at radius 2 is 0.667 bits per heavy atom. The van der Waals surface area contributed by atoms with Crippen LogP contribution in [0.1, 0.15) is 5.56 Å². The van der Waals surface area contributed by atoms with Crippen LogP contribution in [0.25, 0.3) is 0 Å². The van der Waals surface area contributed by atoms with Gasteiger partial charge in [-0.3, -0.25) is 0 Å². The molecule has 0 N–H and O–H groups in total. The van der Waals surface area contributed by atoms with Crippen LogP contribution in [0.2, 0.25) is 0 Å². The molecule has 0 aliphatic carbocycles. The van der Waals surface area contributed by atoms with Gasteiger partial charge in [-0.2, -0.15) is 74.6 Å². The highest BCUT2D eigenvalue weighted by molar-refractivity contribution is 7.69. The van der Waals surface area contributed by atoms with Gasteiger partial charge in [0, 0.05) is 5.19 Å². The normalized spacial score (nSPS) is 15.7. The van der Waals surface area contributed by atoms with E-state index in [0.717, 1.165) is 0 Å². The molecule has 0 fully saturated rings. The minimum absolute atomic E-state index is 3.08. The summed E-state index contributed by atoms with van der Waals surface area (Å²) in [6, 6.07) is -5.96. The van der Waals surface area contributed by atoms with Gasteiger partial charge in [0.1, 0.15) is 0 Å². The molecule has 1 aromatic carbocycles. The molecular formula is C14Cl3F21Si. The molecule has 0 amide bonds. The van der Waals surface area contributed by atoms with Gasteiger partial charge in [0.2, 0.25) is 0 Å².